The zero-order valence-electron chi connectivity index (χ0n) is 8.43. The number of thiol groups is 1. The fourth-order valence-electron chi connectivity index (χ4n) is 1.69. The standard InChI is InChI=1S/C9H11ClN4OS/c10-6-2-7(13-9(11)12-6)14-3-5(4-16)1-8(14)15/h2,5,16H,1,3-4H2,(H2,11,12,13). The molecule has 2 heterocycles. The number of anilines is 2. The van der Waals surface area contributed by atoms with Crippen molar-refractivity contribution < 1.29 is 4.79 Å². The predicted molar refractivity (Wildman–Crippen MR) is 65.8 cm³/mol. The van der Waals surface area contributed by atoms with Crippen LogP contribution in [0.25, 0.3) is 0 Å². The van der Waals surface area contributed by atoms with Crippen molar-refractivity contribution in [3.8, 4) is 0 Å². The Morgan fingerprint density at radius 3 is 2.94 bits per heavy atom. The Hall–Kier alpha value is -1.01. The van der Waals surface area contributed by atoms with E-state index in [1.165, 1.54) is 6.07 Å². The lowest BCUT2D eigenvalue weighted by molar-refractivity contribution is -0.117. The quantitative estimate of drug-likeness (QED) is 0.613. The largest absolute Gasteiger partial charge is 0.368 e. The van der Waals surface area contributed by atoms with Gasteiger partial charge in [-0.05, 0) is 11.7 Å². The van der Waals surface area contributed by atoms with Crippen molar-refractivity contribution in [2.24, 2.45) is 5.92 Å². The van der Waals surface area contributed by atoms with Crippen LogP contribution < -0.4 is 10.6 Å². The second kappa shape index (κ2) is 4.47. The summed E-state index contributed by atoms with van der Waals surface area (Å²) in [5.41, 5.74) is 5.48. The van der Waals surface area contributed by atoms with Crippen molar-refractivity contribution in [3.05, 3.63) is 11.2 Å². The van der Waals surface area contributed by atoms with Crippen LogP contribution in [0.5, 0.6) is 0 Å². The molecule has 1 saturated heterocycles. The van der Waals surface area contributed by atoms with Crippen molar-refractivity contribution in [2.45, 2.75) is 6.42 Å². The number of carbonyl (C=O) groups is 1. The second-order valence-corrected chi connectivity index (χ2v) is 4.42. The smallest absolute Gasteiger partial charge is 0.228 e. The van der Waals surface area contributed by atoms with E-state index in [1.54, 1.807) is 4.90 Å². The summed E-state index contributed by atoms with van der Waals surface area (Å²) in [5, 5.41) is 0.240. The average molecular weight is 259 g/mol. The van der Waals surface area contributed by atoms with Gasteiger partial charge in [-0.2, -0.15) is 17.6 Å². The van der Waals surface area contributed by atoms with E-state index in [9.17, 15) is 4.79 Å². The van der Waals surface area contributed by atoms with Crippen molar-refractivity contribution in [3.63, 3.8) is 0 Å². The molecule has 1 fully saturated rings. The Labute approximate surface area is 103 Å². The molecule has 1 atom stereocenters. The molecule has 2 rings (SSSR count). The topological polar surface area (TPSA) is 72.1 Å². The number of nitrogen functional groups attached to an aromatic ring is 1. The normalized spacial score (nSPS) is 20.5. The van der Waals surface area contributed by atoms with Crippen LogP contribution >= 0.6 is 24.2 Å². The first-order valence-electron chi connectivity index (χ1n) is 4.81. The summed E-state index contributed by atoms with van der Waals surface area (Å²) in [6, 6.07) is 1.54. The SMILES string of the molecule is Nc1nc(Cl)cc(N2CC(CS)CC2=O)n1. The van der Waals surface area contributed by atoms with Crippen LogP contribution in [0.1, 0.15) is 6.42 Å². The van der Waals surface area contributed by atoms with Crippen molar-refractivity contribution >= 4 is 41.9 Å². The van der Waals surface area contributed by atoms with Gasteiger partial charge in [-0.3, -0.25) is 9.69 Å². The van der Waals surface area contributed by atoms with E-state index in [0.717, 1.165) is 0 Å². The maximum Gasteiger partial charge on any atom is 0.228 e. The van der Waals surface area contributed by atoms with Crippen molar-refractivity contribution in [1.29, 1.82) is 0 Å². The number of aromatic nitrogens is 2. The molecule has 16 heavy (non-hydrogen) atoms. The first-order valence-corrected chi connectivity index (χ1v) is 5.82. The van der Waals surface area contributed by atoms with E-state index >= 15 is 0 Å². The Kier molecular flexibility index (Phi) is 3.20. The summed E-state index contributed by atoms with van der Waals surface area (Å²) in [4.78, 5) is 21.0. The van der Waals surface area contributed by atoms with E-state index in [-0.39, 0.29) is 22.9 Å². The molecule has 1 aromatic heterocycles. The lowest BCUT2D eigenvalue weighted by Gasteiger charge is -2.15. The van der Waals surface area contributed by atoms with Crippen LogP contribution in [0, 0.1) is 5.92 Å². The molecule has 0 saturated carbocycles. The fraction of sp³-hybridized carbons (Fsp3) is 0.444. The van der Waals surface area contributed by atoms with Gasteiger partial charge < -0.3 is 5.73 Å². The highest BCUT2D eigenvalue weighted by Crippen LogP contribution is 2.25. The molecule has 86 valence electrons. The van der Waals surface area contributed by atoms with Gasteiger partial charge in [0, 0.05) is 19.0 Å². The van der Waals surface area contributed by atoms with E-state index < -0.39 is 0 Å². The molecule has 0 aliphatic carbocycles. The van der Waals surface area contributed by atoms with E-state index in [0.29, 0.717) is 24.5 Å². The number of amides is 1. The summed E-state index contributed by atoms with van der Waals surface area (Å²) < 4.78 is 0. The molecular weight excluding hydrogens is 248 g/mol. The molecule has 2 N–H and O–H groups in total. The van der Waals surface area contributed by atoms with Gasteiger partial charge in [0.2, 0.25) is 11.9 Å². The zero-order chi connectivity index (χ0) is 11.7. The molecule has 0 radical (unpaired) electrons. The number of carbonyl (C=O) groups excluding carboxylic acids is 1. The summed E-state index contributed by atoms with van der Waals surface area (Å²) in [6.45, 7) is 0.606. The molecule has 1 aromatic rings. The predicted octanol–water partition coefficient (Wildman–Crippen LogP) is 0.995. The van der Waals surface area contributed by atoms with Crippen LogP contribution in [0.4, 0.5) is 11.8 Å². The zero-order valence-corrected chi connectivity index (χ0v) is 10.1. The Balaban J connectivity index is 2.27. The number of rotatable bonds is 2. The highest BCUT2D eigenvalue weighted by atomic mass is 35.5. The van der Waals surface area contributed by atoms with E-state index in [4.69, 9.17) is 17.3 Å². The molecule has 7 heteroatoms. The maximum atomic E-state index is 11.7. The summed E-state index contributed by atoms with van der Waals surface area (Å²) in [5.74, 6) is 1.49. The summed E-state index contributed by atoms with van der Waals surface area (Å²) in [6.07, 6.45) is 0.491. The summed E-state index contributed by atoms with van der Waals surface area (Å²) >= 11 is 9.95. The second-order valence-electron chi connectivity index (χ2n) is 3.66. The average Bonchev–Trinajstić information content (AvgIpc) is 2.58. The molecule has 5 nitrogen and oxygen atoms in total. The van der Waals surface area contributed by atoms with Crippen LogP contribution in [-0.4, -0.2) is 28.2 Å². The Morgan fingerprint density at radius 2 is 2.38 bits per heavy atom. The van der Waals surface area contributed by atoms with Gasteiger partial charge in [-0.25, -0.2) is 4.98 Å². The molecule has 1 aliphatic heterocycles. The third kappa shape index (κ3) is 2.22. The number of hydrogen-bond acceptors (Lipinski definition) is 5. The first kappa shape index (κ1) is 11.5. The molecule has 1 unspecified atom stereocenters. The van der Waals surface area contributed by atoms with Gasteiger partial charge in [0.15, 0.2) is 0 Å². The minimum atomic E-state index is 0.0215. The van der Waals surface area contributed by atoms with Crippen LogP contribution in [0.15, 0.2) is 6.07 Å². The summed E-state index contributed by atoms with van der Waals surface area (Å²) in [7, 11) is 0. The van der Waals surface area contributed by atoms with Crippen LogP contribution in [-0.2, 0) is 4.79 Å². The monoisotopic (exact) mass is 258 g/mol. The Morgan fingerprint density at radius 1 is 1.62 bits per heavy atom. The number of halogens is 1. The number of hydrogen-bond donors (Lipinski definition) is 2. The van der Waals surface area contributed by atoms with Crippen LogP contribution in [0.2, 0.25) is 5.15 Å². The third-order valence-electron chi connectivity index (χ3n) is 2.44. The van der Waals surface area contributed by atoms with Crippen molar-refractivity contribution in [2.75, 3.05) is 22.9 Å². The van der Waals surface area contributed by atoms with Crippen molar-refractivity contribution in [1.82, 2.24) is 9.97 Å². The maximum absolute atomic E-state index is 11.7. The minimum Gasteiger partial charge on any atom is -0.368 e. The minimum absolute atomic E-state index is 0.0215. The van der Waals surface area contributed by atoms with Crippen LogP contribution in [0.3, 0.4) is 0 Å². The highest BCUT2D eigenvalue weighted by molar-refractivity contribution is 7.80. The number of nitrogens with two attached hydrogens (primary N) is 1. The Bertz CT molecular complexity index is 408. The fourth-order valence-corrected chi connectivity index (χ4v) is 2.12. The van der Waals surface area contributed by atoms with Gasteiger partial charge >= 0.3 is 0 Å². The van der Waals surface area contributed by atoms with Gasteiger partial charge in [0.05, 0.1) is 0 Å². The highest BCUT2D eigenvalue weighted by Gasteiger charge is 2.30. The molecular formula is C9H11ClN4OS. The number of nitrogens with zero attached hydrogens (tertiary/aromatic N) is 3. The molecule has 0 bridgehead atoms. The molecule has 0 spiro atoms. The van der Waals surface area contributed by atoms with Gasteiger partial charge in [-0.1, -0.05) is 11.6 Å². The molecule has 1 aliphatic rings. The third-order valence-corrected chi connectivity index (χ3v) is 3.15. The van der Waals surface area contributed by atoms with E-state index in [1.807, 2.05) is 0 Å². The lowest BCUT2D eigenvalue weighted by Crippen LogP contribution is -2.26. The van der Waals surface area contributed by atoms with E-state index in [2.05, 4.69) is 22.6 Å². The van der Waals surface area contributed by atoms with Gasteiger partial charge in [-0.15, -0.1) is 0 Å². The first-order chi connectivity index (χ1) is 7.60. The molecule has 0 aromatic carbocycles. The lowest BCUT2D eigenvalue weighted by atomic mass is 10.1. The van der Waals surface area contributed by atoms with Gasteiger partial charge in [0.25, 0.3) is 0 Å². The van der Waals surface area contributed by atoms with Gasteiger partial charge in [0.1, 0.15) is 11.0 Å². The molecule has 1 amide bonds.